The maximum Gasteiger partial charge on any atom is 0.414 e. The highest BCUT2D eigenvalue weighted by Crippen LogP contribution is 2.71. The summed E-state index contributed by atoms with van der Waals surface area (Å²) in [5.74, 6) is 5.80. The minimum Gasteiger partial charge on any atom is -0.384 e. The summed E-state index contributed by atoms with van der Waals surface area (Å²) in [6.07, 6.45) is -3.23. The second-order valence-corrected chi connectivity index (χ2v) is 8.38. The van der Waals surface area contributed by atoms with Gasteiger partial charge in [-0.05, 0) is 78.9 Å². The first-order valence-corrected chi connectivity index (χ1v) is 8.53. The highest BCUT2D eigenvalue weighted by atomic mass is 19.4. The van der Waals surface area contributed by atoms with E-state index in [1.54, 1.807) is 0 Å². The molecule has 4 aliphatic rings. The van der Waals surface area contributed by atoms with Gasteiger partial charge in [0.05, 0.1) is 0 Å². The predicted octanol–water partition coefficient (Wildman–Crippen LogP) is 4.11. The van der Waals surface area contributed by atoms with Crippen molar-refractivity contribution < 1.29 is 18.3 Å². The molecule has 0 heterocycles. The summed E-state index contributed by atoms with van der Waals surface area (Å²) in [4.78, 5) is 0. The summed E-state index contributed by atoms with van der Waals surface area (Å²) < 4.78 is 37.9. The quantitative estimate of drug-likeness (QED) is 0.761. The van der Waals surface area contributed by atoms with Crippen LogP contribution in [0.5, 0.6) is 0 Å². The van der Waals surface area contributed by atoms with Crippen LogP contribution in [0.25, 0.3) is 0 Å². The number of alkyl halides is 3. The molecule has 21 heavy (non-hydrogen) atoms. The monoisotopic (exact) mass is 302 g/mol. The number of aliphatic hydroxyl groups is 1. The third-order valence-corrected chi connectivity index (χ3v) is 7.89. The molecule has 10 atom stereocenters. The second kappa shape index (κ2) is 4.39. The average Bonchev–Trinajstić information content (AvgIpc) is 3.08. The number of fused-ring (bicyclic) bond motifs is 9. The van der Waals surface area contributed by atoms with Crippen LogP contribution in [-0.2, 0) is 0 Å². The zero-order valence-corrected chi connectivity index (χ0v) is 12.7. The Morgan fingerprint density at radius 2 is 1.57 bits per heavy atom. The van der Waals surface area contributed by atoms with E-state index in [9.17, 15) is 18.3 Å². The molecule has 1 N–H and O–H groups in total. The molecule has 0 amide bonds. The fourth-order valence-corrected chi connectivity index (χ4v) is 7.06. The topological polar surface area (TPSA) is 20.2 Å². The summed E-state index contributed by atoms with van der Waals surface area (Å²) in [5, 5.41) is 9.42. The maximum absolute atomic E-state index is 12.6. The van der Waals surface area contributed by atoms with E-state index in [1.807, 2.05) is 0 Å². The molecule has 0 radical (unpaired) electrons. The van der Waals surface area contributed by atoms with E-state index in [2.05, 4.69) is 13.8 Å². The highest BCUT2D eigenvalue weighted by molar-refractivity contribution is 5.13. The molecule has 0 spiro atoms. The Hall–Kier alpha value is -0.250. The van der Waals surface area contributed by atoms with Gasteiger partial charge in [-0.1, -0.05) is 13.8 Å². The lowest BCUT2D eigenvalue weighted by Gasteiger charge is -2.44. The van der Waals surface area contributed by atoms with Crippen LogP contribution in [0.2, 0.25) is 0 Å². The molecular weight excluding hydrogens is 277 g/mol. The van der Waals surface area contributed by atoms with Crippen molar-refractivity contribution in [3.63, 3.8) is 0 Å². The van der Waals surface area contributed by atoms with Gasteiger partial charge in [0.1, 0.15) is 6.10 Å². The Bertz CT molecular complexity index is 434. The van der Waals surface area contributed by atoms with Gasteiger partial charge in [0.2, 0.25) is 0 Å². The molecule has 4 rings (SSSR count). The minimum atomic E-state index is -4.45. The van der Waals surface area contributed by atoms with Gasteiger partial charge in [-0.15, -0.1) is 0 Å². The second-order valence-electron chi connectivity index (χ2n) is 8.38. The SMILES string of the molecule is CC1C(C)C2CC1C1C3CC(CC(O)C(F)(F)F)C(C3)C21. The Kier molecular flexibility index (Phi) is 3.00. The van der Waals surface area contributed by atoms with Gasteiger partial charge >= 0.3 is 6.18 Å². The lowest BCUT2D eigenvalue weighted by molar-refractivity contribution is -0.210. The van der Waals surface area contributed by atoms with Gasteiger partial charge in [-0.3, -0.25) is 0 Å². The maximum atomic E-state index is 12.6. The first-order chi connectivity index (χ1) is 9.79. The first-order valence-electron chi connectivity index (χ1n) is 8.53. The zero-order valence-electron chi connectivity index (χ0n) is 12.7. The number of halogens is 3. The molecule has 4 aliphatic carbocycles. The van der Waals surface area contributed by atoms with E-state index in [0.29, 0.717) is 17.8 Å². The van der Waals surface area contributed by atoms with Crippen LogP contribution < -0.4 is 0 Å². The molecule has 10 unspecified atom stereocenters. The fraction of sp³-hybridized carbons (Fsp3) is 1.00. The third-order valence-electron chi connectivity index (χ3n) is 7.89. The molecule has 0 aromatic heterocycles. The van der Waals surface area contributed by atoms with Crippen molar-refractivity contribution in [1.29, 1.82) is 0 Å². The summed E-state index contributed by atoms with van der Waals surface area (Å²) in [6.45, 7) is 4.72. The van der Waals surface area contributed by atoms with Crippen LogP contribution in [-0.4, -0.2) is 17.4 Å². The molecule has 4 bridgehead atoms. The van der Waals surface area contributed by atoms with Gasteiger partial charge < -0.3 is 5.11 Å². The fourth-order valence-electron chi connectivity index (χ4n) is 7.06. The van der Waals surface area contributed by atoms with Crippen LogP contribution in [0.4, 0.5) is 13.2 Å². The molecule has 0 aliphatic heterocycles. The molecule has 0 aromatic rings. The lowest BCUT2D eigenvalue weighted by atomic mass is 9.61. The molecule has 4 saturated carbocycles. The van der Waals surface area contributed by atoms with Crippen LogP contribution in [0, 0.1) is 53.3 Å². The van der Waals surface area contributed by atoms with Crippen molar-refractivity contribution in [1.82, 2.24) is 0 Å². The molecular formula is C17H25F3O. The van der Waals surface area contributed by atoms with E-state index < -0.39 is 12.3 Å². The van der Waals surface area contributed by atoms with Crippen LogP contribution >= 0.6 is 0 Å². The average molecular weight is 302 g/mol. The summed E-state index contributed by atoms with van der Waals surface area (Å²) in [7, 11) is 0. The molecule has 0 saturated heterocycles. The normalized spacial score (nSPS) is 56.0. The molecule has 4 heteroatoms. The van der Waals surface area contributed by atoms with Gasteiger partial charge in [0, 0.05) is 0 Å². The van der Waals surface area contributed by atoms with Crippen LogP contribution in [0.1, 0.15) is 39.5 Å². The Morgan fingerprint density at radius 1 is 0.952 bits per heavy atom. The number of rotatable bonds is 2. The van der Waals surface area contributed by atoms with Crippen molar-refractivity contribution in [3.8, 4) is 0 Å². The number of hydrogen-bond acceptors (Lipinski definition) is 1. The van der Waals surface area contributed by atoms with E-state index in [4.69, 9.17) is 0 Å². The largest absolute Gasteiger partial charge is 0.414 e. The van der Waals surface area contributed by atoms with Gasteiger partial charge in [-0.2, -0.15) is 13.2 Å². The lowest BCUT2D eigenvalue weighted by Crippen LogP contribution is -2.40. The Morgan fingerprint density at radius 3 is 2.19 bits per heavy atom. The van der Waals surface area contributed by atoms with Gasteiger partial charge in [-0.25, -0.2) is 0 Å². The van der Waals surface area contributed by atoms with E-state index in [0.717, 1.165) is 42.4 Å². The van der Waals surface area contributed by atoms with Gasteiger partial charge in [0.25, 0.3) is 0 Å². The van der Waals surface area contributed by atoms with E-state index >= 15 is 0 Å². The smallest absolute Gasteiger partial charge is 0.384 e. The zero-order chi connectivity index (χ0) is 15.1. The first kappa shape index (κ1) is 14.3. The number of hydrogen-bond donors (Lipinski definition) is 1. The summed E-state index contributed by atoms with van der Waals surface area (Å²) >= 11 is 0. The number of aliphatic hydroxyl groups excluding tert-OH is 1. The molecule has 4 fully saturated rings. The summed E-state index contributed by atoms with van der Waals surface area (Å²) in [6, 6.07) is 0. The van der Waals surface area contributed by atoms with Crippen LogP contribution in [0.15, 0.2) is 0 Å². The van der Waals surface area contributed by atoms with Gasteiger partial charge in [0.15, 0.2) is 0 Å². The standard InChI is InChI=1S/C17H25F3O/c1-7-8(2)12-6-11(7)15-10-3-9(13(4-10)16(12)15)5-14(21)17(18,19)20/h7-16,21H,3-6H2,1-2H3. The Labute approximate surface area is 124 Å². The summed E-state index contributed by atoms with van der Waals surface area (Å²) in [5.41, 5.74) is 0. The van der Waals surface area contributed by atoms with Crippen molar-refractivity contribution in [2.24, 2.45) is 53.3 Å². The van der Waals surface area contributed by atoms with Crippen molar-refractivity contribution in [3.05, 3.63) is 0 Å². The van der Waals surface area contributed by atoms with Crippen molar-refractivity contribution in [2.45, 2.75) is 51.8 Å². The molecule has 0 aromatic carbocycles. The van der Waals surface area contributed by atoms with Crippen LogP contribution in [0.3, 0.4) is 0 Å². The van der Waals surface area contributed by atoms with Crippen molar-refractivity contribution in [2.75, 3.05) is 0 Å². The highest BCUT2D eigenvalue weighted by Gasteiger charge is 2.65. The van der Waals surface area contributed by atoms with E-state index in [-0.39, 0.29) is 12.3 Å². The predicted molar refractivity (Wildman–Crippen MR) is 73.3 cm³/mol. The Balaban J connectivity index is 1.50. The van der Waals surface area contributed by atoms with E-state index in [1.165, 1.54) is 6.42 Å². The van der Waals surface area contributed by atoms with Crippen molar-refractivity contribution >= 4 is 0 Å². The molecule has 120 valence electrons. The molecule has 1 nitrogen and oxygen atoms in total. The third kappa shape index (κ3) is 1.87. The minimum absolute atomic E-state index is 0.0603.